The summed E-state index contributed by atoms with van der Waals surface area (Å²) in [6.45, 7) is 1.71. The molecule has 6 nitrogen and oxygen atoms in total. The van der Waals surface area contributed by atoms with Crippen LogP contribution in [0.15, 0.2) is 69.6 Å². The molecule has 0 fully saturated rings. The molecule has 2 heterocycles. The molecule has 0 bridgehead atoms. The molecule has 0 radical (unpaired) electrons. The summed E-state index contributed by atoms with van der Waals surface area (Å²) in [7, 11) is 1.60. The lowest BCUT2D eigenvalue weighted by molar-refractivity contribution is -0.115. The third-order valence-corrected chi connectivity index (χ3v) is 6.23. The number of hydrogen-bond donors (Lipinski definition) is 1. The molecule has 1 atom stereocenters. The smallest absolute Gasteiger partial charge is 0.271 e. The van der Waals surface area contributed by atoms with Crippen LogP contribution < -0.4 is 25.4 Å². The van der Waals surface area contributed by atoms with Crippen molar-refractivity contribution in [2.24, 2.45) is 10.7 Å². The maximum Gasteiger partial charge on any atom is 0.271 e. The lowest BCUT2D eigenvalue weighted by Crippen LogP contribution is -2.40. The van der Waals surface area contributed by atoms with Crippen molar-refractivity contribution in [2.45, 2.75) is 13.0 Å². The first kappa shape index (κ1) is 20.1. The number of amides is 1. The number of thiazole rings is 1. The summed E-state index contributed by atoms with van der Waals surface area (Å²) >= 11 is 7.68. The van der Waals surface area contributed by atoms with Crippen LogP contribution >= 0.6 is 22.9 Å². The van der Waals surface area contributed by atoms with E-state index in [9.17, 15) is 9.59 Å². The number of methoxy groups -OCH3 is 1. The van der Waals surface area contributed by atoms with Crippen molar-refractivity contribution in [3.63, 3.8) is 0 Å². The number of halogens is 1. The second-order valence-electron chi connectivity index (χ2n) is 6.74. The molecule has 1 amide bonds. The third-order valence-electron chi connectivity index (χ3n) is 4.90. The van der Waals surface area contributed by atoms with Gasteiger partial charge in [-0.3, -0.25) is 14.2 Å². The van der Waals surface area contributed by atoms with E-state index in [-0.39, 0.29) is 11.1 Å². The molecule has 152 valence electrons. The van der Waals surface area contributed by atoms with Gasteiger partial charge in [-0.15, -0.1) is 0 Å². The number of rotatable bonds is 4. The second-order valence-corrected chi connectivity index (χ2v) is 8.16. The van der Waals surface area contributed by atoms with Gasteiger partial charge < -0.3 is 10.5 Å². The van der Waals surface area contributed by atoms with Crippen molar-refractivity contribution >= 4 is 34.9 Å². The van der Waals surface area contributed by atoms with Gasteiger partial charge in [0.05, 0.1) is 29.0 Å². The first-order chi connectivity index (χ1) is 14.4. The number of aromatic nitrogens is 1. The normalized spacial score (nSPS) is 16.2. The van der Waals surface area contributed by atoms with Gasteiger partial charge in [-0.2, -0.15) is 0 Å². The summed E-state index contributed by atoms with van der Waals surface area (Å²) < 4.78 is 7.17. The predicted octanol–water partition coefficient (Wildman–Crippen LogP) is 2.38. The fourth-order valence-electron chi connectivity index (χ4n) is 3.48. The van der Waals surface area contributed by atoms with Crippen molar-refractivity contribution in [2.75, 3.05) is 7.11 Å². The van der Waals surface area contributed by atoms with Crippen molar-refractivity contribution in [1.82, 2.24) is 4.57 Å². The highest BCUT2D eigenvalue weighted by Gasteiger charge is 2.32. The largest absolute Gasteiger partial charge is 0.497 e. The zero-order chi connectivity index (χ0) is 21.4. The predicted molar refractivity (Wildman–Crippen MR) is 117 cm³/mol. The van der Waals surface area contributed by atoms with E-state index in [4.69, 9.17) is 22.1 Å². The highest BCUT2D eigenvalue weighted by molar-refractivity contribution is 7.07. The van der Waals surface area contributed by atoms with Gasteiger partial charge in [0.15, 0.2) is 4.80 Å². The van der Waals surface area contributed by atoms with Gasteiger partial charge in [0, 0.05) is 5.02 Å². The number of hydrogen-bond acceptors (Lipinski definition) is 5. The Kier molecular flexibility index (Phi) is 5.32. The summed E-state index contributed by atoms with van der Waals surface area (Å²) in [5, 5.41) is 0.445. The highest BCUT2D eigenvalue weighted by atomic mass is 35.5. The molecule has 0 aliphatic carbocycles. The van der Waals surface area contributed by atoms with Crippen LogP contribution in [-0.2, 0) is 4.79 Å². The maximum atomic E-state index is 13.4. The first-order valence-corrected chi connectivity index (χ1v) is 10.3. The molecule has 2 N–H and O–H groups in total. The fourth-order valence-corrected chi connectivity index (χ4v) is 4.76. The van der Waals surface area contributed by atoms with Crippen molar-refractivity contribution in [1.29, 1.82) is 0 Å². The van der Waals surface area contributed by atoms with Gasteiger partial charge in [0.25, 0.3) is 5.56 Å². The Labute approximate surface area is 181 Å². The number of primary amides is 1. The minimum absolute atomic E-state index is 0.256. The van der Waals surface area contributed by atoms with Crippen LogP contribution in [0.3, 0.4) is 0 Å². The molecule has 1 aliphatic heterocycles. The molecule has 0 spiro atoms. The lowest BCUT2D eigenvalue weighted by atomic mass is 9.95. The molecule has 0 saturated heterocycles. The highest BCUT2D eigenvalue weighted by Crippen LogP contribution is 2.33. The molecule has 1 aromatic heterocycles. The minimum atomic E-state index is -0.731. The molecular weight excluding hydrogens is 422 g/mol. The van der Waals surface area contributed by atoms with Crippen LogP contribution in [0.25, 0.3) is 6.08 Å². The first-order valence-electron chi connectivity index (χ1n) is 9.11. The van der Waals surface area contributed by atoms with Crippen LogP contribution in [0.4, 0.5) is 0 Å². The number of ether oxygens (including phenoxy) is 1. The molecule has 2 aromatic carbocycles. The van der Waals surface area contributed by atoms with E-state index in [1.807, 2.05) is 30.3 Å². The Morgan fingerprint density at radius 1 is 1.23 bits per heavy atom. The number of carbonyl (C=O) groups excluding carboxylic acids is 1. The van der Waals surface area contributed by atoms with Crippen LogP contribution in [0, 0.1) is 0 Å². The van der Waals surface area contributed by atoms with Gasteiger partial charge in [-0.05, 0) is 42.3 Å². The number of nitrogens with two attached hydrogens (primary N) is 1. The number of carbonyl (C=O) groups is 1. The van der Waals surface area contributed by atoms with Crippen LogP contribution in [0.2, 0.25) is 5.02 Å². The van der Waals surface area contributed by atoms with E-state index in [2.05, 4.69) is 4.99 Å². The SMILES string of the molecule is COc1ccc(/C=c2/sc3n(c2=O)C(c2ccccc2Cl)C(C(N)=O)=C(C)N=3)cc1. The minimum Gasteiger partial charge on any atom is -0.497 e. The van der Waals surface area contributed by atoms with E-state index >= 15 is 0 Å². The zero-order valence-corrected chi connectivity index (χ0v) is 17.8. The molecule has 4 rings (SSSR count). The Morgan fingerprint density at radius 3 is 2.57 bits per heavy atom. The molecular formula is C22H18ClN3O3S. The van der Waals surface area contributed by atoms with Gasteiger partial charge in [0.2, 0.25) is 5.91 Å². The molecule has 1 unspecified atom stereocenters. The van der Waals surface area contributed by atoms with Gasteiger partial charge >= 0.3 is 0 Å². The fraction of sp³-hybridized carbons (Fsp3) is 0.136. The second kappa shape index (κ2) is 7.93. The van der Waals surface area contributed by atoms with E-state index < -0.39 is 11.9 Å². The van der Waals surface area contributed by atoms with Crippen molar-refractivity contribution in [3.05, 3.63) is 95.6 Å². The van der Waals surface area contributed by atoms with E-state index in [1.54, 1.807) is 38.3 Å². The lowest BCUT2D eigenvalue weighted by Gasteiger charge is -2.24. The average Bonchev–Trinajstić information content (AvgIpc) is 3.02. The summed E-state index contributed by atoms with van der Waals surface area (Å²) in [6.07, 6.45) is 1.79. The standard InChI is InChI=1S/C22H18ClN3O3S/c1-12-18(20(24)27)19(15-5-3-4-6-16(15)23)26-21(28)17(30-22(26)25-12)11-13-7-9-14(29-2)10-8-13/h3-11,19H,1-2H3,(H2,24,27)/b17-11+. The average molecular weight is 440 g/mol. The molecule has 8 heteroatoms. The Hall–Kier alpha value is -3.16. The molecule has 30 heavy (non-hydrogen) atoms. The Bertz CT molecular complexity index is 1350. The van der Waals surface area contributed by atoms with Crippen LogP contribution in [0.1, 0.15) is 24.1 Å². The number of allylic oxidation sites excluding steroid dienone is 1. The summed E-state index contributed by atoms with van der Waals surface area (Å²) in [5.41, 5.74) is 7.62. The molecule has 3 aromatic rings. The van der Waals surface area contributed by atoms with Crippen molar-refractivity contribution < 1.29 is 9.53 Å². The van der Waals surface area contributed by atoms with Gasteiger partial charge in [-0.1, -0.05) is 53.3 Å². The summed E-state index contributed by atoms with van der Waals surface area (Å²) in [5.74, 6) is 0.0969. The Balaban J connectivity index is 1.96. The van der Waals surface area contributed by atoms with Crippen molar-refractivity contribution in [3.8, 4) is 5.75 Å². The summed E-state index contributed by atoms with van der Waals surface area (Å²) in [4.78, 5) is 30.6. The van der Waals surface area contributed by atoms with Gasteiger partial charge in [0.1, 0.15) is 5.75 Å². The van der Waals surface area contributed by atoms with Gasteiger partial charge in [-0.25, -0.2) is 4.99 Å². The third kappa shape index (κ3) is 3.46. The van der Waals surface area contributed by atoms with E-state index in [0.29, 0.717) is 25.6 Å². The zero-order valence-electron chi connectivity index (χ0n) is 16.3. The van der Waals surface area contributed by atoms with E-state index in [0.717, 1.165) is 11.3 Å². The quantitative estimate of drug-likeness (QED) is 0.677. The molecule has 1 aliphatic rings. The number of fused-ring (bicyclic) bond motifs is 1. The topological polar surface area (TPSA) is 86.7 Å². The van der Waals surface area contributed by atoms with E-state index in [1.165, 1.54) is 15.9 Å². The van der Waals surface area contributed by atoms with Crippen LogP contribution in [-0.4, -0.2) is 17.6 Å². The monoisotopic (exact) mass is 439 g/mol. The van der Waals surface area contributed by atoms with Crippen LogP contribution in [0.5, 0.6) is 5.75 Å². The number of nitrogens with zero attached hydrogens (tertiary/aromatic N) is 2. The maximum absolute atomic E-state index is 13.4. The Morgan fingerprint density at radius 2 is 1.93 bits per heavy atom. The molecule has 0 saturated carbocycles. The summed E-state index contributed by atoms with van der Waals surface area (Å²) in [6, 6.07) is 13.8. The number of benzene rings is 2.